The highest BCUT2D eigenvalue weighted by Crippen LogP contribution is 2.40. The van der Waals surface area contributed by atoms with Gasteiger partial charge in [-0.3, -0.25) is 4.79 Å². The Morgan fingerprint density at radius 1 is 1.45 bits per heavy atom. The van der Waals surface area contributed by atoms with Gasteiger partial charge in [-0.05, 0) is 46.8 Å². The normalized spacial score (nSPS) is 15.9. The number of pyridine rings is 1. The van der Waals surface area contributed by atoms with E-state index in [-0.39, 0.29) is 11.9 Å². The Bertz CT molecular complexity index is 639. The van der Waals surface area contributed by atoms with Crippen LogP contribution in [0.15, 0.2) is 27.3 Å². The summed E-state index contributed by atoms with van der Waals surface area (Å²) in [7, 11) is 0. The molecule has 1 aliphatic rings. The maximum Gasteiger partial charge on any atom is 0.270 e. The fourth-order valence-electron chi connectivity index (χ4n) is 2.01. The molecular formula is C13H13BrN4O2. The molecule has 0 radical (unpaired) electrons. The average molecular weight is 337 g/mol. The minimum absolute atomic E-state index is 0.208. The van der Waals surface area contributed by atoms with E-state index in [1.807, 2.05) is 0 Å². The van der Waals surface area contributed by atoms with Gasteiger partial charge in [0.1, 0.15) is 10.3 Å². The number of nitrogens with zero attached hydrogens (tertiary/aromatic N) is 3. The molecule has 0 spiro atoms. The predicted octanol–water partition coefficient (Wildman–Crippen LogP) is 2.42. The lowest BCUT2D eigenvalue weighted by Gasteiger charge is -2.14. The molecule has 1 atom stereocenters. The van der Waals surface area contributed by atoms with E-state index in [9.17, 15) is 4.79 Å². The molecule has 2 aromatic rings. The molecule has 3 rings (SSSR count). The van der Waals surface area contributed by atoms with Gasteiger partial charge < -0.3 is 9.84 Å². The fourth-order valence-corrected chi connectivity index (χ4v) is 2.36. The van der Waals surface area contributed by atoms with Crippen LogP contribution in [0.1, 0.15) is 41.1 Å². The van der Waals surface area contributed by atoms with Crippen molar-refractivity contribution in [1.29, 1.82) is 0 Å². The van der Waals surface area contributed by atoms with Crippen molar-refractivity contribution < 1.29 is 9.32 Å². The molecule has 1 saturated carbocycles. The van der Waals surface area contributed by atoms with Crippen LogP contribution in [0.2, 0.25) is 0 Å². The van der Waals surface area contributed by atoms with Crippen molar-refractivity contribution >= 4 is 21.8 Å². The van der Waals surface area contributed by atoms with Crippen LogP contribution < -0.4 is 5.32 Å². The van der Waals surface area contributed by atoms with Gasteiger partial charge in [0, 0.05) is 6.92 Å². The maximum atomic E-state index is 12.2. The highest BCUT2D eigenvalue weighted by Gasteiger charge is 2.36. The van der Waals surface area contributed by atoms with E-state index in [2.05, 4.69) is 36.4 Å². The first-order chi connectivity index (χ1) is 9.63. The van der Waals surface area contributed by atoms with Gasteiger partial charge >= 0.3 is 0 Å². The first kappa shape index (κ1) is 13.2. The van der Waals surface area contributed by atoms with Crippen molar-refractivity contribution in [2.24, 2.45) is 5.92 Å². The van der Waals surface area contributed by atoms with Crippen LogP contribution in [0.4, 0.5) is 0 Å². The molecule has 1 amide bonds. The Hall–Kier alpha value is -1.76. The van der Waals surface area contributed by atoms with Crippen molar-refractivity contribution in [3.05, 3.63) is 40.2 Å². The summed E-state index contributed by atoms with van der Waals surface area (Å²) in [6.45, 7) is 1.73. The molecule has 1 unspecified atom stereocenters. The topological polar surface area (TPSA) is 80.9 Å². The lowest BCUT2D eigenvalue weighted by Crippen LogP contribution is -2.31. The molecule has 104 valence electrons. The molecule has 0 aromatic carbocycles. The van der Waals surface area contributed by atoms with Crippen LogP contribution in [0.25, 0.3) is 0 Å². The number of aromatic nitrogens is 3. The highest BCUT2D eigenvalue weighted by molar-refractivity contribution is 9.10. The summed E-state index contributed by atoms with van der Waals surface area (Å²) in [6.07, 6.45) is 2.12. The first-order valence-electron chi connectivity index (χ1n) is 6.37. The number of aryl methyl sites for hydroxylation is 1. The lowest BCUT2D eigenvalue weighted by atomic mass is 10.1. The predicted molar refractivity (Wildman–Crippen MR) is 73.9 cm³/mol. The number of nitrogens with one attached hydrogen (secondary N) is 1. The third kappa shape index (κ3) is 2.87. The minimum atomic E-state index is -0.231. The van der Waals surface area contributed by atoms with E-state index in [0.29, 0.717) is 27.9 Å². The summed E-state index contributed by atoms with van der Waals surface area (Å²) in [5.41, 5.74) is 0.366. The second-order valence-electron chi connectivity index (χ2n) is 4.81. The molecule has 20 heavy (non-hydrogen) atoms. The van der Waals surface area contributed by atoms with Crippen molar-refractivity contribution in [3.8, 4) is 0 Å². The van der Waals surface area contributed by atoms with Crippen LogP contribution >= 0.6 is 15.9 Å². The number of amides is 1. The van der Waals surface area contributed by atoms with Gasteiger partial charge in [-0.2, -0.15) is 4.98 Å². The molecule has 6 nitrogen and oxygen atoms in total. The fraction of sp³-hybridized carbons (Fsp3) is 0.385. The summed E-state index contributed by atoms with van der Waals surface area (Å²) in [5.74, 6) is 1.18. The van der Waals surface area contributed by atoms with E-state index in [1.54, 1.807) is 25.1 Å². The van der Waals surface area contributed by atoms with Gasteiger partial charge in [0.25, 0.3) is 5.91 Å². The summed E-state index contributed by atoms with van der Waals surface area (Å²) >= 11 is 3.26. The Labute approximate surface area is 124 Å². The lowest BCUT2D eigenvalue weighted by molar-refractivity contribution is 0.0923. The number of carbonyl (C=O) groups is 1. The quantitative estimate of drug-likeness (QED) is 0.867. The summed E-state index contributed by atoms with van der Waals surface area (Å²) in [5, 5.41) is 6.86. The van der Waals surface area contributed by atoms with Gasteiger partial charge in [-0.25, -0.2) is 4.98 Å². The van der Waals surface area contributed by atoms with Crippen LogP contribution in [0.5, 0.6) is 0 Å². The number of hydrogen-bond donors (Lipinski definition) is 1. The molecule has 2 heterocycles. The number of hydrogen-bond acceptors (Lipinski definition) is 5. The smallest absolute Gasteiger partial charge is 0.270 e. The largest absolute Gasteiger partial charge is 0.340 e. The molecular weight excluding hydrogens is 324 g/mol. The van der Waals surface area contributed by atoms with Crippen LogP contribution in [0, 0.1) is 12.8 Å². The zero-order chi connectivity index (χ0) is 14.1. The third-order valence-corrected chi connectivity index (χ3v) is 3.59. The number of carbonyl (C=O) groups excluding carboxylic acids is 1. The molecule has 0 bridgehead atoms. The third-order valence-electron chi connectivity index (χ3n) is 3.15. The maximum absolute atomic E-state index is 12.2. The van der Waals surface area contributed by atoms with E-state index in [0.717, 1.165) is 12.8 Å². The molecule has 1 aliphatic carbocycles. The molecule has 7 heteroatoms. The Balaban J connectivity index is 1.78. The first-order valence-corrected chi connectivity index (χ1v) is 7.16. The van der Waals surface area contributed by atoms with Crippen LogP contribution in [-0.2, 0) is 0 Å². The SMILES string of the molecule is Cc1nc(C(NC(=O)c2cccc(Br)n2)C2CC2)no1. The van der Waals surface area contributed by atoms with E-state index < -0.39 is 0 Å². The number of rotatable bonds is 4. The Morgan fingerprint density at radius 3 is 2.85 bits per heavy atom. The molecule has 2 aromatic heterocycles. The second-order valence-corrected chi connectivity index (χ2v) is 5.62. The zero-order valence-corrected chi connectivity index (χ0v) is 12.4. The van der Waals surface area contributed by atoms with Gasteiger partial charge in [0.05, 0.1) is 6.04 Å². The van der Waals surface area contributed by atoms with Crippen LogP contribution in [-0.4, -0.2) is 21.0 Å². The molecule has 0 saturated heterocycles. The minimum Gasteiger partial charge on any atom is -0.340 e. The standard InChI is InChI=1S/C13H13BrN4O2/c1-7-15-12(18-20-7)11(8-5-6-8)17-13(19)9-3-2-4-10(14)16-9/h2-4,8,11H,5-6H2,1H3,(H,17,19). The highest BCUT2D eigenvalue weighted by atomic mass is 79.9. The summed E-state index contributed by atoms with van der Waals surface area (Å²) in [4.78, 5) is 20.6. The Kier molecular flexibility index (Phi) is 3.52. The van der Waals surface area contributed by atoms with Gasteiger partial charge in [0.15, 0.2) is 5.82 Å². The van der Waals surface area contributed by atoms with Gasteiger partial charge in [-0.1, -0.05) is 11.2 Å². The van der Waals surface area contributed by atoms with Crippen molar-refractivity contribution in [2.45, 2.75) is 25.8 Å². The summed E-state index contributed by atoms with van der Waals surface area (Å²) in [6, 6.07) is 5.01. The van der Waals surface area contributed by atoms with E-state index >= 15 is 0 Å². The van der Waals surface area contributed by atoms with E-state index in [4.69, 9.17) is 4.52 Å². The van der Waals surface area contributed by atoms with Crippen LogP contribution in [0.3, 0.4) is 0 Å². The molecule has 1 fully saturated rings. The monoisotopic (exact) mass is 336 g/mol. The second kappa shape index (κ2) is 5.32. The van der Waals surface area contributed by atoms with Crippen molar-refractivity contribution in [1.82, 2.24) is 20.4 Å². The molecule has 1 N–H and O–H groups in total. The number of halogens is 1. The van der Waals surface area contributed by atoms with Crippen molar-refractivity contribution in [3.63, 3.8) is 0 Å². The van der Waals surface area contributed by atoms with E-state index in [1.165, 1.54) is 0 Å². The van der Waals surface area contributed by atoms with Gasteiger partial charge in [-0.15, -0.1) is 0 Å². The summed E-state index contributed by atoms with van der Waals surface area (Å²) < 4.78 is 5.62. The van der Waals surface area contributed by atoms with Gasteiger partial charge in [0.2, 0.25) is 5.89 Å². The van der Waals surface area contributed by atoms with Crippen molar-refractivity contribution in [2.75, 3.05) is 0 Å². The average Bonchev–Trinajstić information content (AvgIpc) is 3.18. The Morgan fingerprint density at radius 2 is 2.25 bits per heavy atom. The molecule has 0 aliphatic heterocycles. The zero-order valence-electron chi connectivity index (χ0n) is 10.8.